The molecule has 1 aliphatic rings. The van der Waals surface area contributed by atoms with Crippen molar-refractivity contribution in [1.82, 2.24) is 20.4 Å². The Balaban J connectivity index is 1.77. The fourth-order valence-corrected chi connectivity index (χ4v) is 2.25. The van der Waals surface area contributed by atoms with Crippen LogP contribution in [0.25, 0.3) is 0 Å². The molecule has 96 valence electrons. The van der Waals surface area contributed by atoms with Gasteiger partial charge in [-0.15, -0.1) is 10.2 Å². The predicted molar refractivity (Wildman–Crippen MR) is 65.7 cm³/mol. The Bertz CT molecular complexity index is 333. The zero-order chi connectivity index (χ0) is 12.1. The number of rotatable bonds is 5. The molecule has 0 spiro atoms. The average Bonchev–Trinajstić information content (AvgIpc) is 2.78. The molecule has 17 heavy (non-hydrogen) atoms. The van der Waals surface area contributed by atoms with Gasteiger partial charge in [0.1, 0.15) is 0 Å². The lowest BCUT2D eigenvalue weighted by Crippen LogP contribution is -2.42. The first-order valence-electron chi connectivity index (χ1n) is 6.51. The second kappa shape index (κ2) is 6.12. The van der Waals surface area contributed by atoms with Crippen LogP contribution in [0, 0.1) is 0 Å². The fourth-order valence-electron chi connectivity index (χ4n) is 2.25. The van der Waals surface area contributed by atoms with E-state index in [1.807, 2.05) is 6.92 Å². The first-order valence-corrected chi connectivity index (χ1v) is 6.51. The van der Waals surface area contributed by atoms with Gasteiger partial charge >= 0.3 is 0 Å². The van der Waals surface area contributed by atoms with E-state index in [0.29, 0.717) is 6.04 Å². The van der Waals surface area contributed by atoms with Crippen LogP contribution in [0.4, 0.5) is 0 Å². The Hall–Kier alpha value is -0.940. The predicted octanol–water partition coefficient (Wildman–Crippen LogP) is 1.21. The van der Waals surface area contributed by atoms with Crippen LogP contribution in [-0.4, -0.2) is 41.3 Å². The van der Waals surface area contributed by atoms with Crippen LogP contribution in [-0.2, 0) is 13.0 Å². The molecule has 0 aromatic carbocycles. The SMILES string of the molecule is CCc1nnc(CN(C)CC2CCCCN2)o1. The first kappa shape index (κ1) is 12.5. The number of piperidine rings is 1. The van der Waals surface area contributed by atoms with Crippen molar-refractivity contribution in [3.05, 3.63) is 11.8 Å². The summed E-state index contributed by atoms with van der Waals surface area (Å²) in [5.41, 5.74) is 0. The van der Waals surface area contributed by atoms with Crippen LogP contribution in [0.1, 0.15) is 38.0 Å². The lowest BCUT2D eigenvalue weighted by molar-refractivity contribution is 0.235. The molecule has 0 radical (unpaired) electrons. The van der Waals surface area contributed by atoms with Gasteiger partial charge in [-0.3, -0.25) is 4.90 Å². The van der Waals surface area contributed by atoms with Gasteiger partial charge < -0.3 is 9.73 Å². The van der Waals surface area contributed by atoms with E-state index in [1.165, 1.54) is 19.3 Å². The number of aryl methyl sites for hydroxylation is 1. The Kier molecular flexibility index (Phi) is 4.50. The molecule has 1 atom stereocenters. The van der Waals surface area contributed by atoms with Gasteiger partial charge in [-0.25, -0.2) is 0 Å². The van der Waals surface area contributed by atoms with E-state index in [4.69, 9.17) is 4.42 Å². The van der Waals surface area contributed by atoms with Gasteiger partial charge in [-0.1, -0.05) is 13.3 Å². The molecule has 1 fully saturated rings. The fraction of sp³-hybridized carbons (Fsp3) is 0.833. The van der Waals surface area contributed by atoms with Gasteiger partial charge in [0.05, 0.1) is 6.54 Å². The van der Waals surface area contributed by atoms with Crippen molar-refractivity contribution in [3.63, 3.8) is 0 Å². The summed E-state index contributed by atoms with van der Waals surface area (Å²) in [7, 11) is 2.10. The van der Waals surface area contributed by atoms with Crippen LogP contribution in [0.2, 0.25) is 0 Å². The number of aromatic nitrogens is 2. The molecule has 2 heterocycles. The van der Waals surface area contributed by atoms with E-state index >= 15 is 0 Å². The highest BCUT2D eigenvalue weighted by atomic mass is 16.4. The maximum atomic E-state index is 5.51. The van der Waals surface area contributed by atoms with Gasteiger partial charge in [0.25, 0.3) is 0 Å². The normalized spacial score (nSPS) is 21.0. The lowest BCUT2D eigenvalue weighted by Gasteiger charge is -2.27. The molecule has 2 rings (SSSR count). The molecule has 1 N–H and O–H groups in total. The van der Waals surface area contributed by atoms with E-state index in [2.05, 4.69) is 27.5 Å². The standard InChI is InChI=1S/C12H22N4O/c1-3-11-14-15-12(17-11)9-16(2)8-10-6-4-5-7-13-10/h10,13H,3-9H2,1-2H3. The Morgan fingerprint density at radius 3 is 2.82 bits per heavy atom. The summed E-state index contributed by atoms with van der Waals surface area (Å²) in [6.07, 6.45) is 4.73. The molecule has 1 saturated heterocycles. The topological polar surface area (TPSA) is 54.2 Å². The van der Waals surface area contributed by atoms with Crippen LogP contribution < -0.4 is 5.32 Å². The molecule has 1 aromatic heterocycles. The average molecular weight is 238 g/mol. The van der Waals surface area contributed by atoms with E-state index in [-0.39, 0.29) is 0 Å². The highest BCUT2D eigenvalue weighted by Gasteiger charge is 2.16. The smallest absolute Gasteiger partial charge is 0.230 e. The van der Waals surface area contributed by atoms with E-state index in [9.17, 15) is 0 Å². The minimum atomic E-state index is 0.613. The largest absolute Gasteiger partial charge is 0.424 e. The maximum Gasteiger partial charge on any atom is 0.230 e. The second-order valence-electron chi connectivity index (χ2n) is 4.79. The highest BCUT2D eigenvalue weighted by Crippen LogP contribution is 2.09. The summed E-state index contributed by atoms with van der Waals surface area (Å²) in [6.45, 7) is 4.96. The molecule has 5 heteroatoms. The molecule has 0 bridgehead atoms. The lowest BCUT2D eigenvalue weighted by atomic mass is 10.0. The van der Waals surface area contributed by atoms with Crippen molar-refractivity contribution in [2.75, 3.05) is 20.1 Å². The molecular weight excluding hydrogens is 216 g/mol. The van der Waals surface area contributed by atoms with Gasteiger partial charge in [-0.05, 0) is 26.4 Å². The molecule has 0 saturated carbocycles. The minimum absolute atomic E-state index is 0.613. The zero-order valence-corrected chi connectivity index (χ0v) is 10.8. The number of nitrogens with one attached hydrogen (secondary N) is 1. The molecule has 1 aromatic rings. The summed E-state index contributed by atoms with van der Waals surface area (Å²) in [4.78, 5) is 2.25. The summed E-state index contributed by atoms with van der Waals surface area (Å²) < 4.78 is 5.51. The number of hydrogen-bond donors (Lipinski definition) is 1. The molecule has 5 nitrogen and oxygen atoms in total. The second-order valence-corrected chi connectivity index (χ2v) is 4.79. The molecule has 1 unspecified atom stereocenters. The first-order chi connectivity index (χ1) is 8.28. The summed E-state index contributed by atoms with van der Waals surface area (Å²) >= 11 is 0. The summed E-state index contributed by atoms with van der Waals surface area (Å²) in [5.74, 6) is 1.45. The monoisotopic (exact) mass is 238 g/mol. The highest BCUT2D eigenvalue weighted by molar-refractivity contribution is 4.82. The molecule has 0 aliphatic carbocycles. The third-order valence-electron chi connectivity index (χ3n) is 3.16. The Morgan fingerprint density at radius 2 is 2.18 bits per heavy atom. The number of hydrogen-bond acceptors (Lipinski definition) is 5. The van der Waals surface area contributed by atoms with Crippen molar-refractivity contribution in [2.45, 2.75) is 45.2 Å². The Labute approximate surface area is 103 Å². The third-order valence-corrected chi connectivity index (χ3v) is 3.16. The zero-order valence-electron chi connectivity index (χ0n) is 10.8. The van der Waals surface area contributed by atoms with Crippen LogP contribution in [0.3, 0.4) is 0 Å². The quantitative estimate of drug-likeness (QED) is 0.835. The number of nitrogens with zero attached hydrogens (tertiary/aromatic N) is 3. The summed E-state index contributed by atoms with van der Waals surface area (Å²) in [5, 5.41) is 11.6. The van der Waals surface area contributed by atoms with Gasteiger partial charge in [0, 0.05) is 19.0 Å². The van der Waals surface area contributed by atoms with Crippen LogP contribution in [0.15, 0.2) is 4.42 Å². The number of likely N-dealkylation sites (N-methyl/N-ethyl adjacent to an activating group) is 1. The minimum Gasteiger partial charge on any atom is -0.424 e. The van der Waals surface area contributed by atoms with Crippen molar-refractivity contribution < 1.29 is 4.42 Å². The molecule has 1 aliphatic heterocycles. The van der Waals surface area contributed by atoms with E-state index in [0.717, 1.165) is 37.8 Å². The van der Waals surface area contributed by atoms with Gasteiger partial charge in [-0.2, -0.15) is 0 Å². The van der Waals surface area contributed by atoms with E-state index < -0.39 is 0 Å². The molecule has 0 amide bonds. The van der Waals surface area contributed by atoms with Crippen molar-refractivity contribution in [1.29, 1.82) is 0 Å². The van der Waals surface area contributed by atoms with E-state index in [1.54, 1.807) is 0 Å². The van der Waals surface area contributed by atoms with Gasteiger partial charge in [0.15, 0.2) is 0 Å². The Morgan fingerprint density at radius 1 is 1.35 bits per heavy atom. The third kappa shape index (κ3) is 3.78. The van der Waals surface area contributed by atoms with Crippen molar-refractivity contribution in [3.8, 4) is 0 Å². The van der Waals surface area contributed by atoms with Gasteiger partial charge in [0.2, 0.25) is 11.8 Å². The van der Waals surface area contributed by atoms with Crippen molar-refractivity contribution >= 4 is 0 Å². The van der Waals surface area contributed by atoms with Crippen LogP contribution >= 0.6 is 0 Å². The van der Waals surface area contributed by atoms with Crippen LogP contribution in [0.5, 0.6) is 0 Å². The summed E-state index contributed by atoms with van der Waals surface area (Å²) in [6, 6.07) is 0.613. The maximum absolute atomic E-state index is 5.51. The molecular formula is C12H22N4O. The van der Waals surface area contributed by atoms with Crippen molar-refractivity contribution in [2.24, 2.45) is 0 Å².